The van der Waals surface area contributed by atoms with Gasteiger partial charge in [0.05, 0.1) is 0 Å². The van der Waals surface area contributed by atoms with Crippen LogP contribution in [0.2, 0.25) is 0 Å². The van der Waals surface area contributed by atoms with E-state index in [4.69, 9.17) is 9.47 Å². The van der Waals surface area contributed by atoms with Crippen molar-refractivity contribution in [1.29, 1.82) is 0 Å². The summed E-state index contributed by atoms with van der Waals surface area (Å²) in [6.07, 6.45) is 2.01. The summed E-state index contributed by atoms with van der Waals surface area (Å²) in [7, 11) is 1.50. The van der Waals surface area contributed by atoms with Crippen LogP contribution in [0.5, 0.6) is 0 Å². The molecule has 0 fully saturated rings. The molecule has 8 heteroatoms. The number of nitrogens with one attached hydrogen (secondary N) is 3. The van der Waals surface area contributed by atoms with E-state index in [0.717, 1.165) is 24.8 Å². The molecule has 0 aliphatic carbocycles. The Morgan fingerprint density at radius 2 is 1.54 bits per heavy atom. The zero-order chi connectivity index (χ0) is 19.0. The summed E-state index contributed by atoms with van der Waals surface area (Å²) in [5.41, 5.74) is 0.942. The zero-order valence-corrected chi connectivity index (χ0v) is 15.1. The largest absolute Gasteiger partial charge is 0.445 e. The first kappa shape index (κ1) is 21.4. The highest BCUT2D eigenvalue weighted by atomic mass is 16.5. The van der Waals surface area contributed by atoms with Crippen molar-refractivity contribution < 1.29 is 23.9 Å². The average molecular weight is 365 g/mol. The summed E-state index contributed by atoms with van der Waals surface area (Å²) in [5, 5.41) is 7.80. The maximum Gasteiger partial charge on any atom is 0.407 e. The summed E-state index contributed by atoms with van der Waals surface area (Å²) in [4.78, 5) is 33.9. The number of amides is 3. The Labute approximate surface area is 153 Å². The number of hydrogen-bond acceptors (Lipinski definition) is 5. The second-order valence-electron chi connectivity index (χ2n) is 5.57. The minimum absolute atomic E-state index is 0.129. The Balaban J connectivity index is 1.91. The first-order valence-corrected chi connectivity index (χ1v) is 8.61. The molecular weight excluding hydrogens is 338 g/mol. The Hall–Kier alpha value is -2.61. The van der Waals surface area contributed by atoms with E-state index < -0.39 is 6.09 Å². The van der Waals surface area contributed by atoms with Crippen LogP contribution < -0.4 is 16.0 Å². The van der Waals surface area contributed by atoms with Crippen LogP contribution in [0.1, 0.15) is 24.8 Å². The molecule has 1 aromatic carbocycles. The topological polar surface area (TPSA) is 106 Å². The Morgan fingerprint density at radius 1 is 0.885 bits per heavy atom. The number of unbranched alkanes of at least 4 members (excludes halogenated alkanes) is 2. The van der Waals surface area contributed by atoms with E-state index in [1.165, 1.54) is 7.05 Å². The molecule has 0 saturated carbocycles. The molecule has 0 unspecified atom stereocenters. The Bertz CT molecular complexity index is 551. The highest BCUT2D eigenvalue weighted by Gasteiger charge is 2.04. The third-order valence-corrected chi connectivity index (χ3v) is 3.40. The molecule has 0 aromatic heterocycles. The fourth-order valence-electron chi connectivity index (χ4n) is 1.98. The molecule has 1 aromatic rings. The monoisotopic (exact) mass is 365 g/mol. The van der Waals surface area contributed by atoms with Crippen LogP contribution in [0.25, 0.3) is 0 Å². The van der Waals surface area contributed by atoms with Crippen molar-refractivity contribution in [3.8, 4) is 0 Å². The van der Waals surface area contributed by atoms with Crippen molar-refractivity contribution >= 4 is 17.9 Å². The molecule has 0 spiro atoms. The number of rotatable bonds is 12. The van der Waals surface area contributed by atoms with Gasteiger partial charge in [0.25, 0.3) is 0 Å². The van der Waals surface area contributed by atoms with E-state index in [2.05, 4.69) is 16.0 Å². The predicted molar refractivity (Wildman–Crippen MR) is 96.4 cm³/mol. The molecule has 0 bridgehead atoms. The molecule has 26 heavy (non-hydrogen) atoms. The van der Waals surface area contributed by atoms with Gasteiger partial charge in [-0.15, -0.1) is 0 Å². The second kappa shape index (κ2) is 13.7. The molecule has 0 atom stereocenters. The molecule has 3 amide bonds. The van der Waals surface area contributed by atoms with E-state index in [-0.39, 0.29) is 31.6 Å². The van der Waals surface area contributed by atoms with Gasteiger partial charge in [0.1, 0.15) is 19.8 Å². The maximum atomic E-state index is 11.5. The van der Waals surface area contributed by atoms with Crippen LogP contribution in [-0.2, 0) is 25.7 Å². The number of carbonyl (C=O) groups excluding carboxylic acids is 3. The number of carbonyl (C=O) groups is 3. The van der Waals surface area contributed by atoms with Crippen molar-refractivity contribution in [2.24, 2.45) is 0 Å². The molecule has 0 saturated heterocycles. The summed E-state index contributed by atoms with van der Waals surface area (Å²) in [6, 6.07) is 9.48. The second-order valence-corrected chi connectivity index (χ2v) is 5.57. The molecule has 1 rings (SSSR count). The normalized spacial score (nSPS) is 10.0. The lowest BCUT2D eigenvalue weighted by atomic mass is 10.2. The average Bonchev–Trinajstić information content (AvgIpc) is 2.66. The van der Waals surface area contributed by atoms with Gasteiger partial charge in [-0.05, 0) is 24.8 Å². The minimum Gasteiger partial charge on any atom is -0.445 e. The molecule has 0 aliphatic heterocycles. The van der Waals surface area contributed by atoms with E-state index >= 15 is 0 Å². The number of likely N-dealkylation sites (N-methyl/N-ethyl adjacent to an activating group) is 1. The van der Waals surface area contributed by atoms with Gasteiger partial charge < -0.3 is 25.4 Å². The Kier molecular flexibility index (Phi) is 11.3. The zero-order valence-electron chi connectivity index (χ0n) is 15.1. The molecule has 8 nitrogen and oxygen atoms in total. The molecule has 0 aliphatic rings. The van der Waals surface area contributed by atoms with Gasteiger partial charge >= 0.3 is 6.09 Å². The fraction of sp³-hybridized carbons (Fsp3) is 0.500. The molecule has 0 heterocycles. The highest BCUT2D eigenvalue weighted by molar-refractivity contribution is 5.79. The van der Waals surface area contributed by atoms with Crippen LogP contribution in [0.4, 0.5) is 4.79 Å². The van der Waals surface area contributed by atoms with Crippen LogP contribution in [0.3, 0.4) is 0 Å². The predicted octanol–water partition coefficient (Wildman–Crippen LogP) is 0.962. The van der Waals surface area contributed by atoms with E-state index in [0.29, 0.717) is 13.1 Å². The van der Waals surface area contributed by atoms with Crippen molar-refractivity contribution in [2.45, 2.75) is 25.9 Å². The van der Waals surface area contributed by atoms with Gasteiger partial charge in [0.2, 0.25) is 11.8 Å². The summed E-state index contributed by atoms with van der Waals surface area (Å²) >= 11 is 0. The van der Waals surface area contributed by atoms with Crippen LogP contribution >= 0.6 is 0 Å². The van der Waals surface area contributed by atoms with Crippen molar-refractivity contribution in [3.05, 3.63) is 35.9 Å². The molecule has 0 radical (unpaired) electrons. The van der Waals surface area contributed by atoms with Crippen molar-refractivity contribution in [1.82, 2.24) is 16.0 Å². The number of ether oxygens (including phenoxy) is 2. The number of benzene rings is 1. The van der Waals surface area contributed by atoms with Crippen molar-refractivity contribution in [2.75, 3.05) is 33.4 Å². The smallest absolute Gasteiger partial charge is 0.407 e. The summed E-state index contributed by atoms with van der Waals surface area (Å²) < 4.78 is 10.0. The maximum absolute atomic E-state index is 11.5. The highest BCUT2D eigenvalue weighted by Crippen LogP contribution is 2.00. The van der Waals surface area contributed by atoms with Gasteiger partial charge in [-0.25, -0.2) is 4.79 Å². The Morgan fingerprint density at radius 3 is 2.23 bits per heavy atom. The standard InChI is InChI=1S/C18H27N3O5/c1-19-16(22)13-25-14-17(23)20-10-6-3-7-11-21-18(24)26-12-15-8-4-2-5-9-15/h2,4-5,8-9H,3,6-7,10-14H2,1H3,(H,19,22)(H,20,23)(H,21,24). The molecule has 144 valence electrons. The van der Waals surface area contributed by atoms with Gasteiger partial charge in [-0.2, -0.15) is 0 Å². The van der Waals surface area contributed by atoms with Crippen LogP contribution in [0.15, 0.2) is 30.3 Å². The minimum atomic E-state index is -0.435. The summed E-state index contributed by atoms with van der Waals surface area (Å²) in [6.45, 7) is 1.04. The van der Waals surface area contributed by atoms with Gasteiger partial charge in [0.15, 0.2) is 0 Å². The molecular formula is C18H27N3O5. The van der Waals surface area contributed by atoms with Crippen LogP contribution in [-0.4, -0.2) is 51.3 Å². The van der Waals surface area contributed by atoms with Gasteiger partial charge in [-0.3, -0.25) is 9.59 Å². The molecule has 3 N–H and O–H groups in total. The van der Waals surface area contributed by atoms with Crippen LogP contribution in [0, 0.1) is 0 Å². The lowest BCUT2D eigenvalue weighted by Crippen LogP contribution is -2.31. The van der Waals surface area contributed by atoms with Gasteiger partial charge in [0, 0.05) is 20.1 Å². The third kappa shape index (κ3) is 11.0. The number of alkyl carbamates (subject to hydrolysis) is 1. The fourth-order valence-corrected chi connectivity index (χ4v) is 1.98. The van der Waals surface area contributed by atoms with E-state index in [9.17, 15) is 14.4 Å². The first-order valence-electron chi connectivity index (χ1n) is 8.61. The first-order chi connectivity index (χ1) is 12.6. The lowest BCUT2D eigenvalue weighted by Gasteiger charge is -2.08. The van der Waals surface area contributed by atoms with E-state index in [1.54, 1.807) is 0 Å². The van der Waals surface area contributed by atoms with E-state index in [1.807, 2.05) is 30.3 Å². The van der Waals surface area contributed by atoms with Gasteiger partial charge in [-0.1, -0.05) is 30.3 Å². The summed E-state index contributed by atoms with van der Waals surface area (Å²) in [5.74, 6) is -0.524. The van der Waals surface area contributed by atoms with Crippen molar-refractivity contribution in [3.63, 3.8) is 0 Å². The SMILES string of the molecule is CNC(=O)COCC(=O)NCCCCCNC(=O)OCc1ccccc1. The quantitative estimate of drug-likeness (QED) is 0.479. The third-order valence-electron chi connectivity index (χ3n) is 3.40. The lowest BCUT2D eigenvalue weighted by molar-refractivity contribution is -0.130. The number of hydrogen-bond donors (Lipinski definition) is 3.